The van der Waals surface area contributed by atoms with E-state index in [-0.39, 0.29) is 17.9 Å². The van der Waals surface area contributed by atoms with E-state index in [0.29, 0.717) is 12.8 Å². The van der Waals surface area contributed by atoms with E-state index in [0.717, 1.165) is 31.5 Å². The number of nitrogens with zero attached hydrogens (tertiary/aromatic N) is 1. The highest BCUT2D eigenvalue weighted by Gasteiger charge is 2.22. The molecule has 1 fully saturated rings. The molecule has 2 rings (SSSR count). The first kappa shape index (κ1) is 15.5. The minimum atomic E-state index is 0.0686. The molecule has 4 heteroatoms. The first-order chi connectivity index (χ1) is 10.1. The van der Waals surface area contributed by atoms with Crippen LogP contribution in [-0.4, -0.2) is 35.8 Å². The second-order valence-electron chi connectivity index (χ2n) is 5.74. The average Bonchev–Trinajstić information content (AvgIpc) is 2.49. The fraction of sp³-hybridized carbons (Fsp3) is 0.529. The van der Waals surface area contributed by atoms with Gasteiger partial charge >= 0.3 is 0 Å². The number of piperidine rings is 1. The summed E-state index contributed by atoms with van der Waals surface area (Å²) >= 11 is 0. The molecule has 2 amide bonds. The van der Waals surface area contributed by atoms with Crippen LogP contribution in [0, 0.1) is 6.92 Å². The van der Waals surface area contributed by atoms with Crippen LogP contribution < -0.4 is 5.32 Å². The normalized spacial score (nSPS) is 15.8. The van der Waals surface area contributed by atoms with E-state index in [1.165, 1.54) is 5.56 Å². The molecule has 0 radical (unpaired) electrons. The zero-order valence-electron chi connectivity index (χ0n) is 12.9. The summed E-state index contributed by atoms with van der Waals surface area (Å²) in [5.41, 5.74) is 2.24. The third-order valence-corrected chi connectivity index (χ3v) is 4.00. The van der Waals surface area contributed by atoms with Crippen LogP contribution in [0.2, 0.25) is 0 Å². The SMILES string of the molecule is CCC(=O)N1CCC(NC(=O)Cc2ccc(C)cc2)CC1. The van der Waals surface area contributed by atoms with Crippen molar-refractivity contribution in [3.8, 4) is 0 Å². The molecule has 0 bridgehead atoms. The maximum atomic E-state index is 12.0. The Morgan fingerprint density at radius 2 is 1.81 bits per heavy atom. The van der Waals surface area contributed by atoms with Crippen molar-refractivity contribution < 1.29 is 9.59 Å². The Morgan fingerprint density at radius 1 is 1.19 bits per heavy atom. The third-order valence-electron chi connectivity index (χ3n) is 4.00. The van der Waals surface area contributed by atoms with Gasteiger partial charge in [0.1, 0.15) is 0 Å². The van der Waals surface area contributed by atoms with Crippen LogP contribution >= 0.6 is 0 Å². The molecule has 1 aliphatic rings. The second kappa shape index (κ2) is 7.25. The Morgan fingerprint density at radius 3 is 2.38 bits per heavy atom. The quantitative estimate of drug-likeness (QED) is 0.922. The van der Waals surface area contributed by atoms with Crippen LogP contribution in [0.5, 0.6) is 0 Å². The highest BCUT2D eigenvalue weighted by atomic mass is 16.2. The minimum absolute atomic E-state index is 0.0686. The maximum Gasteiger partial charge on any atom is 0.224 e. The van der Waals surface area contributed by atoms with Gasteiger partial charge in [0.05, 0.1) is 6.42 Å². The van der Waals surface area contributed by atoms with Gasteiger partial charge in [0.15, 0.2) is 0 Å². The number of benzene rings is 1. The van der Waals surface area contributed by atoms with E-state index in [2.05, 4.69) is 5.32 Å². The third kappa shape index (κ3) is 4.59. The molecule has 21 heavy (non-hydrogen) atoms. The van der Waals surface area contributed by atoms with E-state index in [1.54, 1.807) is 0 Å². The number of carbonyl (C=O) groups excluding carboxylic acids is 2. The molecule has 1 aromatic carbocycles. The fourth-order valence-electron chi connectivity index (χ4n) is 2.67. The summed E-state index contributed by atoms with van der Waals surface area (Å²) in [5.74, 6) is 0.276. The number of carbonyl (C=O) groups is 2. The summed E-state index contributed by atoms with van der Waals surface area (Å²) in [6.45, 7) is 5.43. The molecule has 1 saturated heterocycles. The van der Waals surface area contributed by atoms with Crippen molar-refractivity contribution in [2.45, 2.75) is 45.6 Å². The van der Waals surface area contributed by atoms with E-state index >= 15 is 0 Å². The number of amides is 2. The average molecular weight is 288 g/mol. The van der Waals surface area contributed by atoms with Crippen molar-refractivity contribution in [1.82, 2.24) is 10.2 Å². The molecule has 1 aliphatic heterocycles. The molecule has 0 aliphatic carbocycles. The molecule has 0 unspecified atom stereocenters. The molecule has 114 valence electrons. The largest absolute Gasteiger partial charge is 0.353 e. The van der Waals surface area contributed by atoms with Crippen LogP contribution in [0.1, 0.15) is 37.3 Å². The maximum absolute atomic E-state index is 12.0. The summed E-state index contributed by atoms with van der Waals surface area (Å²) in [6, 6.07) is 8.24. The van der Waals surface area contributed by atoms with Gasteiger partial charge in [-0.05, 0) is 25.3 Å². The zero-order valence-corrected chi connectivity index (χ0v) is 12.9. The predicted molar refractivity (Wildman–Crippen MR) is 82.9 cm³/mol. The smallest absolute Gasteiger partial charge is 0.224 e. The van der Waals surface area contributed by atoms with Crippen molar-refractivity contribution in [3.05, 3.63) is 35.4 Å². The summed E-state index contributed by atoms with van der Waals surface area (Å²) in [4.78, 5) is 25.5. The first-order valence-electron chi connectivity index (χ1n) is 7.71. The zero-order chi connectivity index (χ0) is 15.2. The lowest BCUT2D eigenvalue weighted by atomic mass is 10.0. The van der Waals surface area contributed by atoms with E-state index in [9.17, 15) is 9.59 Å². The van der Waals surface area contributed by atoms with Gasteiger partial charge in [0, 0.05) is 25.6 Å². The highest BCUT2D eigenvalue weighted by Crippen LogP contribution is 2.12. The molecule has 4 nitrogen and oxygen atoms in total. The molecule has 0 saturated carbocycles. The predicted octanol–water partition coefficient (Wildman–Crippen LogP) is 2.05. The van der Waals surface area contributed by atoms with Crippen LogP contribution in [0.15, 0.2) is 24.3 Å². The molecule has 1 aromatic rings. The number of rotatable bonds is 4. The van der Waals surface area contributed by atoms with Crippen LogP contribution in [0.4, 0.5) is 0 Å². The summed E-state index contributed by atoms with van der Waals surface area (Å²) in [6.07, 6.45) is 2.69. The highest BCUT2D eigenvalue weighted by molar-refractivity contribution is 5.79. The van der Waals surface area contributed by atoms with Gasteiger partial charge in [-0.15, -0.1) is 0 Å². The molecule has 0 atom stereocenters. The monoisotopic (exact) mass is 288 g/mol. The van der Waals surface area contributed by atoms with E-state index in [1.807, 2.05) is 43.0 Å². The standard InChI is InChI=1S/C17H24N2O2/c1-3-17(21)19-10-8-15(9-11-19)18-16(20)12-14-6-4-13(2)5-7-14/h4-7,15H,3,8-12H2,1-2H3,(H,18,20). The number of likely N-dealkylation sites (tertiary alicyclic amines) is 1. The van der Waals surface area contributed by atoms with E-state index < -0.39 is 0 Å². The Hall–Kier alpha value is -1.84. The lowest BCUT2D eigenvalue weighted by Gasteiger charge is -2.32. The van der Waals surface area contributed by atoms with Crippen LogP contribution in [0.25, 0.3) is 0 Å². The summed E-state index contributed by atoms with van der Waals surface area (Å²) in [7, 11) is 0. The van der Waals surface area contributed by atoms with Crippen molar-refractivity contribution >= 4 is 11.8 Å². The van der Waals surface area contributed by atoms with Gasteiger partial charge in [-0.3, -0.25) is 9.59 Å². The van der Waals surface area contributed by atoms with Crippen molar-refractivity contribution in [2.24, 2.45) is 0 Å². The molecular weight excluding hydrogens is 264 g/mol. The van der Waals surface area contributed by atoms with Gasteiger partial charge in [-0.25, -0.2) is 0 Å². The Kier molecular flexibility index (Phi) is 5.37. The number of hydrogen-bond acceptors (Lipinski definition) is 2. The topological polar surface area (TPSA) is 49.4 Å². The van der Waals surface area contributed by atoms with Gasteiger partial charge < -0.3 is 10.2 Å². The van der Waals surface area contributed by atoms with Gasteiger partial charge in [-0.1, -0.05) is 36.8 Å². The molecule has 1 heterocycles. The Bertz CT molecular complexity index is 488. The second-order valence-corrected chi connectivity index (χ2v) is 5.74. The molecular formula is C17H24N2O2. The van der Waals surface area contributed by atoms with Gasteiger partial charge in [0.2, 0.25) is 11.8 Å². The van der Waals surface area contributed by atoms with Gasteiger partial charge in [-0.2, -0.15) is 0 Å². The number of nitrogens with one attached hydrogen (secondary N) is 1. The van der Waals surface area contributed by atoms with Gasteiger partial charge in [0.25, 0.3) is 0 Å². The Labute approximate surface area is 126 Å². The number of aryl methyl sites for hydroxylation is 1. The van der Waals surface area contributed by atoms with Crippen molar-refractivity contribution in [1.29, 1.82) is 0 Å². The number of hydrogen-bond donors (Lipinski definition) is 1. The molecule has 1 N–H and O–H groups in total. The van der Waals surface area contributed by atoms with Crippen molar-refractivity contribution in [3.63, 3.8) is 0 Å². The molecule has 0 aromatic heterocycles. The lowest BCUT2D eigenvalue weighted by molar-refractivity contribution is -0.132. The first-order valence-corrected chi connectivity index (χ1v) is 7.71. The van der Waals surface area contributed by atoms with E-state index in [4.69, 9.17) is 0 Å². The Balaban J connectivity index is 1.76. The minimum Gasteiger partial charge on any atom is -0.353 e. The molecule has 0 spiro atoms. The fourth-order valence-corrected chi connectivity index (χ4v) is 2.67. The van der Waals surface area contributed by atoms with Crippen LogP contribution in [-0.2, 0) is 16.0 Å². The van der Waals surface area contributed by atoms with Crippen LogP contribution in [0.3, 0.4) is 0 Å². The summed E-state index contributed by atoms with van der Waals surface area (Å²) in [5, 5.41) is 3.08. The van der Waals surface area contributed by atoms with Crippen molar-refractivity contribution in [2.75, 3.05) is 13.1 Å². The lowest BCUT2D eigenvalue weighted by Crippen LogP contribution is -2.46. The summed E-state index contributed by atoms with van der Waals surface area (Å²) < 4.78 is 0.